The van der Waals surface area contributed by atoms with Crippen LogP contribution in [0.25, 0.3) is 0 Å². The van der Waals surface area contributed by atoms with E-state index in [1.165, 1.54) is 44.9 Å². The number of hydrogen-bond acceptors (Lipinski definition) is 1. The molecule has 0 spiro atoms. The summed E-state index contributed by atoms with van der Waals surface area (Å²) in [6.07, 6.45) is 11.9. The van der Waals surface area contributed by atoms with E-state index < -0.39 is 0 Å². The molecule has 0 aromatic rings. The molecule has 0 aliphatic heterocycles. The van der Waals surface area contributed by atoms with Gasteiger partial charge in [0.15, 0.2) is 0 Å². The van der Waals surface area contributed by atoms with Gasteiger partial charge in [-0.25, -0.2) is 0 Å². The minimum atomic E-state index is 0.561. The molecule has 3 aliphatic carbocycles. The summed E-state index contributed by atoms with van der Waals surface area (Å²) in [6.45, 7) is 2.37. The van der Waals surface area contributed by atoms with Gasteiger partial charge >= 0.3 is 0 Å². The van der Waals surface area contributed by atoms with Crippen LogP contribution >= 0.6 is 0 Å². The lowest BCUT2D eigenvalue weighted by molar-refractivity contribution is 0.0444. The molecule has 86 valence electrons. The number of hydrogen-bond donors (Lipinski definition) is 1. The van der Waals surface area contributed by atoms with Crippen molar-refractivity contribution in [3.05, 3.63) is 0 Å². The van der Waals surface area contributed by atoms with E-state index in [2.05, 4.69) is 19.3 Å². The molecule has 0 aromatic carbocycles. The second kappa shape index (κ2) is 3.23. The van der Waals surface area contributed by atoms with Gasteiger partial charge in [-0.05, 0) is 62.8 Å². The summed E-state index contributed by atoms with van der Waals surface area (Å²) >= 11 is 0. The molecule has 1 nitrogen and oxygen atoms in total. The molecule has 0 aromatic heterocycles. The van der Waals surface area contributed by atoms with E-state index in [0.29, 0.717) is 11.0 Å². The monoisotopic (exact) mass is 207 g/mol. The average molecular weight is 207 g/mol. The molecular weight excluding hydrogens is 182 g/mol. The number of rotatable bonds is 3. The zero-order valence-electron chi connectivity index (χ0n) is 10.3. The van der Waals surface area contributed by atoms with Crippen LogP contribution in [0.2, 0.25) is 0 Å². The molecule has 0 radical (unpaired) electrons. The molecule has 1 heteroatoms. The van der Waals surface area contributed by atoms with E-state index in [0.717, 1.165) is 11.8 Å². The van der Waals surface area contributed by atoms with E-state index in [1.54, 1.807) is 6.42 Å². The first-order valence-corrected chi connectivity index (χ1v) is 6.98. The minimum Gasteiger partial charge on any atom is -0.313 e. The average Bonchev–Trinajstić information content (AvgIpc) is 2.86. The molecular formula is C14H25N. The van der Waals surface area contributed by atoms with Gasteiger partial charge in [0.25, 0.3) is 0 Å². The lowest BCUT2D eigenvalue weighted by Gasteiger charge is -2.50. The summed E-state index contributed by atoms with van der Waals surface area (Å²) in [6, 6.07) is 0. The van der Waals surface area contributed by atoms with Gasteiger partial charge in [0.2, 0.25) is 0 Å². The van der Waals surface area contributed by atoms with E-state index in [9.17, 15) is 0 Å². The Bertz CT molecular complexity index is 262. The van der Waals surface area contributed by atoms with Crippen LogP contribution in [-0.2, 0) is 0 Å². The molecule has 3 rings (SSSR count). The fraction of sp³-hybridized carbons (Fsp3) is 1.00. The Labute approximate surface area is 94.0 Å². The molecule has 2 bridgehead atoms. The van der Waals surface area contributed by atoms with Crippen LogP contribution in [0.15, 0.2) is 0 Å². The lowest BCUT2D eigenvalue weighted by Crippen LogP contribution is -2.57. The van der Waals surface area contributed by atoms with Crippen molar-refractivity contribution in [2.45, 2.75) is 63.8 Å². The maximum Gasteiger partial charge on any atom is 0.0265 e. The number of nitrogens with one attached hydrogen (secondary N) is 1. The topological polar surface area (TPSA) is 12.0 Å². The maximum atomic E-state index is 3.80. The smallest absolute Gasteiger partial charge is 0.0265 e. The standard InChI is InChI=1S/C14H25N/c1-3-7-13-8-4-9-14(13,15-2)12-6-5-11(13)10-12/h11-12,15H,3-10H2,1-2H3. The third-order valence-electron chi connectivity index (χ3n) is 6.14. The third-order valence-corrected chi connectivity index (χ3v) is 6.14. The first-order chi connectivity index (χ1) is 7.29. The Morgan fingerprint density at radius 1 is 1.20 bits per heavy atom. The summed E-state index contributed by atoms with van der Waals surface area (Å²) in [5.74, 6) is 2.08. The first kappa shape index (κ1) is 10.1. The molecule has 0 amide bonds. The summed E-state index contributed by atoms with van der Waals surface area (Å²) in [5.41, 5.74) is 1.27. The second-order valence-corrected chi connectivity index (χ2v) is 6.19. The molecule has 3 fully saturated rings. The van der Waals surface area contributed by atoms with Gasteiger partial charge in [0.1, 0.15) is 0 Å². The van der Waals surface area contributed by atoms with Gasteiger partial charge in [0, 0.05) is 5.54 Å². The minimum absolute atomic E-state index is 0.561. The molecule has 3 aliphatic rings. The van der Waals surface area contributed by atoms with Crippen LogP contribution in [-0.4, -0.2) is 12.6 Å². The lowest BCUT2D eigenvalue weighted by atomic mass is 9.61. The van der Waals surface area contributed by atoms with Crippen molar-refractivity contribution in [3.8, 4) is 0 Å². The zero-order chi connectivity index (χ0) is 10.5. The summed E-state index contributed by atoms with van der Waals surface area (Å²) < 4.78 is 0. The van der Waals surface area contributed by atoms with E-state index >= 15 is 0 Å². The largest absolute Gasteiger partial charge is 0.313 e. The first-order valence-electron chi connectivity index (χ1n) is 6.98. The van der Waals surface area contributed by atoms with Crippen LogP contribution in [0.3, 0.4) is 0 Å². The third kappa shape index (κ3) is 0.988. The maximum absolute atomic E-state index is 3.80. The van der Waals surface area contributed by atoms with Crippen LogP contribution in [0.1, 0.15) is 58.3 Å². The molecule has 4 atom stereocenters. The van der Waals surface area contributed by atoms with Crippen molar-refractivity contribution in [2.24, 2.45) is 17.3 Å². The van der Waals surface area contributed by atoms with Gasteiger partial charge in [-0.15, -0.1) is 0 Å². The Morgan fingerprint density at radius 2 is 2.00 bits per heavy atom. The van der Waals surface area contributed by atoms with Gasteiger partial charge in [-0.3, -0.25) is 0 Å². The highest BCUT2D eigenvalue weighted by Gasteiger charge is 2.67. The second-order valence-electron chi connectivity index (χ2n) is 6.19. The molecule has 4 unspecified atom stereocenters. The fourth-order valence-corrected chi connectivity index (χ4v) is 5.84. The highest BCUT2D eigenvalue weighted by atomic mass is 15.0. The molecule has 0 heterocycles. The van der Waals surface area contributed by atoms with Gasteiger partial charge in [-0.1, -0.05) is 19.8 Å². The van der Waals surface area contributed by atoms with Crippen LogP contribution in [0.5, 0.6) is 0 Å². The summed E-state index contributed by atoms with van der Waals surface area (Å²) in [4.78, 5) is 0. The van der Waals surface area contributed by atoms with E-state index in [4.69, 9.17) is 0 Å². The van der Waals surface area contributed by atoms with Gasteiger partial charge < -0.3 is 5.32 Å². The fourth-order valence-electron chi connectivity index (χ4n) is 5.84. The highest BCUT2D eigenvalue weighted by molar-refractivity contribution is 5.21. The van der Waals surface area contributed by atoms with Gasteiger partial charge in [0.05, 0.1) is 0 Å². The van der Waals surface area contributed by atoms with E-state index in [-0.39, 0.29) is 0 Å². The molecule has 3 saturated carbocycles. The Morgan fingerprint density at radius 3 is 2.73 bits per heavy atom. The van der Waals surface area contributed by atoms with Crippen LogP contribution in [0.4, 0.5) is 0 Å². The van der Waals surface area contributed by atoms with Crippen molar-refractivity contribution in [3.63, 3.8) is 0 Å². The molecule has 0 saturated heterocycles. The van der Waals surface area contributed by atoms with Crippen molar-refractivity contribution < 1.29 is 0 Å². The van der Waals surface area contributed by atoms with Gasteiger partial charge in [-0.2, -0.15) is 0 Å². The quantitative estimate of drug-likeness (QED) is 0.748. The Hall–Kier alpha value is -0.0400. The van der Waals surface area contributed by atoms with Crippen molar-refractivity contribution in [1.29, 1.82) is 0 Å². The Kier molecular flexibility index (Phi) is 2.18. The normalized spacial score (nSPS) is 52.4. The molecule has 1 N–H and O–H groups in total. The number of fused-ring (bicyclic) bond motifs is 5. The van der Waals surface area contributed by atoms with Crippen molar-refractivity contribution in [1.82, 2.24) is 5.32 Å². The van der Waals surface area contributed by atoms with Crippen molar-refractivity contribution in [2.75, 3.05) is 7.05 Å². The highest BCUT2D eigenvalue weighted by Crippen LogP contribution is 2.69. The predicted molar refractivity (Wildman–Crippen MR) is 63.8 cm³/mol. The SMILES string of the molecule is CCCC12CCCC1(NC)C1CCC2C1. The van der Waals surface area contributed by atoms with Crippen LogP contribution < -0.4 is 5.32 Å². The summed E-state index contributed by atoms with van der Waals surface area (Å²) in [5, 5.41) is 3.80. The Balaban J connectivity index is 2.01. The molecule has 15 heavy (non-hydrogen) atoms. The van der Waals surface area contributed by atoms with Crippen LogP contribution in [0, 0.1) is 17.3 Å². The predicted octanol–water partition coefficient (Wildman–Crippen LogP) is 3.34. The summed E-state index contributed by atoms with van der Waals surface area (Å²) in [7, 11) is 2.23. The van der Waals surface area contributed by atoms with Crippen molar-refractivity contribution >= 4 is 0 Å². The zero-order valence-corrected chi connectivity index (χ0v) is 10.3. The van der Waals surface area contributed by atoms with E-state index in [1.807, 2.05) is 0 Å².